The molecule has 4 N–H and O–H groups in total. The van der Waals surface area contributed by atoms with Crippen LogP contribution in [0.5, 0.6) is 5.88 Å². The maximum Gasteiger partial charge on any atom is 0.418 e. The van der Waals surface area contributed by atoms with E-state index >= 15 is 4.39 Å². The Labute approximate surface area is 212 Å². The fourth-order valence-electron chi connectivity index (χ4n) is 4.52. The van der Waals surface area contributed by atoms with Crippen LogP contribution in [0.15, 0.2) is 6.07 Å². The Kier molecular flexibility index (Phi) is 8.43. The van der Waals surface area contributed by atoms with Gasteiger partial charge in [-0.05, 0) is 32.4 Å². The molecule has 1 atom stereocenters. The predicted octanol–water partition coefficient (Wildman–Crippen LogP) is 4.16. The van der Waals surface area contributed by atoms with Crippen molar-refractivity contribution in [3.63, 3.8) is 0 Å². The number of halogens is 4. The highest BCUT2D eigenvalue weighted by molar-refractivity contribution is 6.01. The lowest BCUT2D eigenvalue weighted by Gasteiger charge is -2.34. The maximum atomic E-state index is 16.2. The van der Waals surface area contributed by atoms with Crippen LogP contribution in [0, 0.1) is 26.6 Å². The van der Waals surface area contributed by atoms with Crippen LogP contribution in [-0.2, 0) is 6.18 Å². The van der Waals surface area contributed by atoms with Gasteiger partial charge < -0.3 is 25.8 Å². The number of fused-ring (bicyclic) bond motifs is 1. The van der Waals surface area contributed by atoms with Crippen molar-refractivity contribution < 1.29 is 27.4 Å². The van der Waals surface area contributed by atoms with Crippen LogP contribution in [0.3, 0.4) is 0 Å². The van der Waals surface area contributed by atoms with Crippen molar-refractivity contribution in [1.29, 1.82) is 0 Å². The van der Waals surface area contributed by atoms with Crippen molar-refractivity contribution >= 4 is 22.4 Å². The Morgan fingerprint density at radius 2 is 1.81 bits per heavy atom. The van der Waals surface area contributed by atoms with Gasteiger partial charge in [-0.1, -0.05) is 13.8 Å². The van der Waals surface area contributed by atoms with Gasteiger partial charge in [0.15, 0.2) is 5.82 Å². The van der Waals surface area contributed by atoms with Crippen molar-refractivity contribution in [3.05, 3.63) is 34.4 Å². The van der Waals surface area contributed by atoms with Crippen molar-refractivity contribution in [2.24, 2.45) is 0 Å². The summed E-state index contributed by atoms with van der Waals surface area (Å²) in [6, 6.07) is 0.751. The van der Waals surface area contributed by atoms with Gasteiger partial charge >= 0.3 is 6.18 Å². The second-order valence-corrected chi connectivity index (χ2v) is 8.51. The number of nitrogen functional groups attached to an aromatic ring is 1. The van der Waals surface area contributed by atoms with E-state index in [0.29, 0.717) is 36.7 Å². The van der Waals surface area contributed by atoms with Crippen LogP contribution in [0.1, 0.15) is 36.4 Å². The third-order valence-corrected chi connectivity index (χ3v) is 6.25. The number of alkyl halides is 3. The van der Waals surface area contributed by atoms with E-state index in [1.165, 1.54) is 7.11 Å². The summed E-state index contributed by atoms with van der Waals surface area (Å²) in [6.07, 6.45) is -4.81. The lowest BCUT2D eigenvalue weighted by atomic mass is 9.98. The average Bonchev–Trinajstić information content (AvgIpc) is 2.86. The van der Waals surface area contributed by atoms with E-state index in [2.05, 4.69) is 20.3 Å². The number of pyridine rings is 3. The van der Waals surface area contributed by atoms with E-state index in [-0.39, 0.29) is 40.8 Å². The van der Waals surface area contributed by atoms with E-state index < -0.39 is 28.8 Å². The topological polar surface area (TPSA) is 109 Å². The molecule has 1 saturated heterocycles. The zero-order valence-electron chi connectivity index (χ0n) is 21.7. The molecule has 8 nitrogen and oxygen atoms in total. The number of hydrogen-bond donors (Lipinski definition) is 3. The first-order chi connectivity index (χ1) is 17.5. The monoisotopic (exact) mass is 524 g/mol. The molecule has 1 unspecified atom stereocenters. The average molecular weight is 525 g/mol. The number of aliphatic hydroxyl groups is 1. The summed E-state index contributed by atoms with van der Waals surface area (Å²) < 4.78 is 63.6. The Bertz CT molecular complexity index is 1300. The number of nitrogens with zero attached hydrogens (tertiary/aromatic N) is 4. The normalized spacial score (nSPS) is 16.0. The molecule has 12 heteroatoms. The molecule has 1 aliphatic rings. The molecule has 0 aromatic carbocycles. The number of methoxy groups -OCH3 is 1. The molecule has 202 valence electrons. The van der Waals surface area contributed by atoms with E-state index in [4.69, 9.17) is 10.5 Å². The summed E-state index contributed by atoms with van der Waals surface area (Å²) in [5, 5.41) is 13.1. The van der Waals surface area contributed by atoms with Gasteiger partial charge in [-0.3, -0.25) is 0 Å². The first kappa shape index (κ1) is 28.3. The summed E-state index contributed by atoms with van der Waals surface area (Å²) >= 11 is 0. The molecular formula is C25H32F4N6O2. The van der Waals surface area contributed by atoms with E-state index in [1.807, 2.05) is 18.7 Å². The van der Waals surface area contributed by atoms with Gasteiger partial charge in [0, 0.05) is 42.3 Å². The second-order valence-electron chi connectivity index (χ2n) is 8.51. The fourth-order valence-corrected chi connectivity index (χ4v) is 4.52. The first-order valence-corrected chi connectivity index (χ1v) is 12.0. The summed E-state index contributed by atoms with van der Waals surface area (Å²) in [5.41, 5.74) is 4.15. The summed E-state index contributed by atoms with van der Waals surface area (Å²) in [5.74, 6) is -0.805. The van der Waals surface area contributed by atoms with Gasteiger partial charge in [-0.2, -0.15) is 13.2 Å². The molecule has 0 amide bonds. The third kappa shape index (κ3) is 5.26. The standard InChI is InChI=1S/C23H26F4N6O2.C2H6/c1-10-11(2)31-21(33-6-5-29-13(8-33)9-34)17-16(10)19(24)20(32-22(17)35-4)14-7-15(28)30-12(3)18(14)23(25,26)27;1-2/h7,13,29,34H,5-6,8-9H2,1-4H3,(H2,28,30);1-2H3. The Balaban J connectivity index is 0.00000186. The van der Waals surface area contributed by atoms with E-state index in [0.717, 1.165) is 13.0 Å². The minimum Gasteiger partial charge on any atom is -0.480 e. The minimum atomic E-state index is -4.81. The molecular weight excluding hydrogens is 492 g/mol. The number of ether oxygens (including phenoxy) is 1. The molecule has 0 aliphatic carbocycles. The third-order valence-electron chi connectivity index (χ3n) is 6.25. The SMILES string of the molecule is CC.COc1nc(-c2cc(N)nc(C)c2C(F)(F)F)c(F)c2c(C)c(C)nc(N3CCNC(CO)C3)c12. The number of nitrogens with two attached hydrogens (primary N) is 1. The lowest BCUT2D eigenvalue weighted by Crippen LogP contribution is -2.52. The van der Waals surface area contributed by atoms with Crippen molar-refractivity contribution in [1.82, 2.24) is 20.3 Å². The summed E-state index contributed by atoms with van der Waals surface area (Å²) in [7, 11) is 1.31. The Hall–Kier alpha value is -3.25. The van der Waals surface area contributed by atoms with Crippen LogP contribution in [0.4, 0.5) is 29.2 Å². The van der Waals surface area contributed by atoms with Gasteiger partial charge in [0.05, 0.1) is 30.4 Å². The lowest BCUT2D eigenvalue weighted by molar-refractivity contribution is -0.137. The highest BCUT2D eigenvalue weighted by Crippen LogP contribution is 2.44. The fraction of sp³-hybridized carbons (Fsp3) is 0.480. The highest BCUT2D eigenvalue weighted by atomic mass is 19.4. The number of aryl methyl sites for hydroxylation is 3. The summed E-state index contributed by atoms with van der Waals surface area (Å²) in [6.45, 7) is 9.88. The van der Waals surface area contributed by atoms with Crippen LogP contribution < -0.4 is 20.7 Å². The number of piperazine rings is 1. The molecule has 1 aliphatic heterocycles. The molecule has 0 bridgehead atoms. The number of nitrogens with one attached hydrogen (secondary N) is 1. The van der Waals surface area contributed by atoms with Crippen molar-refractivity contribution in [3.8, 4) is 17.1 Å². The van der Waals surface area contributed by atoms with E-state index in [9.17, 15) is 18.3 Å². The van der Waals surface area contributed by atoms with Crippen LogP contribution in [0.2, 0.25) is 0 Å². The van der Waals surface area contributed by atoms with Gasteiger partial charge in [-0.25, -0.2) is 19.3 Å². The van der Waals surface area contributed by atoms with Crippen LogP contribution in [0.25, 0.3) is 22.0 Å². The largest absolute Gasteiger partial charge is 0.480 e. The molecule has 1 fully saturated rings. The van der Waals surface area contributed by atoms with Crippen LogP contribution >= 0.6 is 0 Å². The summed E-state index contributed by atoms with van der Waals surface area (Å²) in [4.78, 5) is 14.4. The highest BCUT2D eigenvalue weighted by Gasteiger charge is 2.38. The van der Waals surface area contributed by atoms with Crippen molar-refractivity contribution in [2.45, 2.75) is 46.8 Å². The molecule has 37 heavy (non-hydrogen) atoms. The van der Waals surface area contributed by atoms with Gasteiger partial charge in [-0.15, -0.1) is 0 Å². The molecule has 0 spiro atoms. The molecule has 4 rings (SSSR count). The minimum absolute atomic E-state index is 0.0644. The number of rotatable bonds is 4. The smallest absolute Gasteiger partial charge is 0.418 e. The maximum absolute atomic E-state index is 16.2. The molecule has 3 aromatic rings. The number of anilines is 2. The van der Waals surface area contributed by atoms with Crippen molar-refractivity contribution in [2.75, 3.05) is 44.0 Å². The van der Waals surface area contributed by atoms with Gasteiger partial charge in [0.25, 0.3) is 0 Å². The van der Waals surface area contributed by atoms with Gasteiger partial charge in [0.1, 0.15) is 17.3 Å². The first-order valence-electron chi connectivity index (χ1n) is 12.0. The van der Waals surface area contributed by atoms with E-state index in [1.54, 1.807) is 13.8 Å². The molecule has 0 radical (unpaired) electrons. The zero-order chi connectivity index (χ0) is 27.7. The second kappa shape index (κ2) is 11.0. The molecule has 4 heterocycles. The molecule has 3 aromatic heterocycles. The number of aliphatic hydroxyl groups excluding tert-OH is 1. The number of aromatic nitrogens is 3. The predicted molar refractivity (Wildman–Crippen MR) is 135 cm³/mol. The Morgan fingerprint density at radius 1 is 1.14 bits per heavy atom. The van der Waals surface area contributed by atoms with Gasteiger partial charge in [0.2, 0.25) is 5.88 Å². The molecule has 0 saturated carbocycles. The zero-order valence-corrected chi connectivity index (χ0v) is 21.7. The quantitative estimate of drug-likeness (QED) is 0.437. The Morgan fingerprint density at radius 3 is 2.41 bits per heavy atom. The number of hydrogen-bond acceptors (Lipinski definition) is 8. The van der Waals surface area contributed by atoms with Crippen LogP contribution in [-0.4, -0.2) is 59.5 Å².